The molecule has 0 spiro atoms. The maximum atomic E-state index is 13.8. The molecule has 3 N–H and O–H groups in total. The summed E-state index contributed by atoms with van der Waals surface area (Å²) in [6.07, 6.45) is 2.40. The molecule has 1 unspecified atom stereocenters. The van der Waals surface area contributed by atoms with Gasteiger partial charge in [-0.05, 0) is 67.4 Å². The lowest BCUT2D eigenvalue weighted by atomic mass is 9.99. The number of nitrogens with zero attached hydrogens (tertiary/aromatic N) is 4. The van der Waals surface area contributed by atoms with Gasteiger partial charge in [0.15, 0.2) is 0 Å². The topological polar surface area (TPSA) is 161 Å². The van der Waals surface area contributed by atoms with Gasteiger partial charge in [-0.3, -0.25) is 9.69 Å². The van der Waals surface area contributed by atoms with Gasteiger partial charge in [0.25, 0.3) is 5.91 Å². The van der Waals surface area contributed by atoms with Crippen molar-refractivity contribution < 1.29 is 34.0 Å². The van der Waals surface area contributed by atoms with E-state index in [4.69, 9.17) is 19.3 Å². The molecular weight excluding hydrogens is 650 g/mol. The number of phenols is 1. The maximum Gasteiger partial charge on any atom is 0.347 e. The maximum absolute atomic E-state index is 13.8. The highest BCUT2D eigenvalue weighted by Crippen LogP contribution is 2.32. The number of aromatic amines is 1. The largest absolute Gasteiger partial charge is 0.507 e. The SMILES string of the molecule is Cc1ncc(C(Cc2ccc(C#N)c(Oc3cccc(OCCO)c3)c2)N2CCN(C(=O)c3ccccc3OC(=O)c3ccccc3O)CC2)[nH]1. The predicted molar refractivity (Wildman–Crippen MR) is 187 cm³/mol. The summed E-state index contributed by atoms with van der Waals surface area (Å²) >= 11 is 0. The Hall–Kier alpha value is -6.16. The molecule has 5 aromatic rings. The predicted octanol–water partition coefficient (Wildman–Crippen LogP) is 5.42. The van der Waals surface area contributed by atoms with Crippen molar-refractivity contribution in [1.82, 2.24) is 19.8 Å². The minimum atomic E-state index is -0.757. The summed E-state index contributed by atoms with van der Waals surface area (Å²) in [4.78, 5) is 38.5. The van der Waals surface area contributed by atoms with E-state index in [9.17, 15) is 20.0 Å². The Bertz CT molecular complexity index is 2050. The Morgan fingerprint density at radius 2 is 1.67 bits per heavy atom. The highest BCUT2D eigenvalue weighted by molar-refractivity contribution is 5.99. The summed E-state index contributed by atoms with van der Waals surface area (Å²) < 4.78 is 17.3. The van der Waals surface area contributed by atoms with Crippen LogP contribution in [0.3, 0.4) is 0 Å². The molecule has 6 rings (SSSR count). The number of nitriles is 1. The molecule has 12 heteroatoms. The van der Waals surface area contributed by atoms with Crippen LogP contribution in [-0.4, -0.2) is 81.3 Å². The molecule has 1 amide bonds. The number of aryl methyl sites for hydroxylation is 1. The third kappa shape index (κ3) is 8.36. The van der Waals surface area contributed by atoms with E-state index in [1.807, 2.05) is 25.3 Å². The number of nitrogens with one attached hydrogen (secondary N) is 1. The summed E-state index contributed by atoms with van der Waals surface area (Å²) in [5, 5.41) is 29.0. The number of rotatable bonds is 12. The number of imidazole rings is 1. The number of aromatic hydroxyl groups is 1. The lowest BCUT2D eigenvalue weighted by Gasteiger charge is -2.39. The smallest absolute Gasteiger partial charge is 0.347 e. The molecule has 260 valence electrons. The molecule has 1 aromatic heterocycles. The molecule has 1 saturated heterocycles. The van der Waals surface area contributed by atoms with Crippen molar-refractivity contribution >= 4 is 11.9 Å². The minimum Gasteiger partial charge on any atom is -0.507 e. The summed E-state index contributed by atoms with van der Waals surface area (Å²) in [5.41, 5.74) is 2.51. The van der Waals surface area contributed by atoms with E-state index < -0.39 is 5.97 Å². The number of carbonyl (C=O) groups is 2. The van der Waals surface area contributed by atoms with Crippen LogP contribution in [0.1, 0.15) is 49.4 Å². The van der Waals surface area contributed by atoms with Crippen molar-refractivity contribution in [2.24, 2.45) is 0 Å². The molecule has 1 atom stereocenters. The Balaban J connectivity index is 1.17. The highest BCUT2D eigenvalue weighted by Gasteiger charge is 2.30. The molecular formula is C39H37N5O7. The number of piperazine rings is 1. The zero-order chi connectivity index (χ0) is 35.7. The number of para-hydroxylation sites is 2. The van der Waals surface area contributed by atoms with E-state index in [-0.39, 0.29) is 47.8 Å². The van der Waals surface area contributed by atoms with Gasteiger partial charge < -0.3 is 34.3 Å². The number of benzene rings is 4. The number of phenolic OH excluding ortho intramolecular Hbond substituents is 1. The van der Waals surface area contributed by atoms with Crippen LogP contribution < -0.4 is 14.2 Å². The number of esters is 1. The second kappa shape index (κ2) is 16.0. The molecule has 0 aliphatic carbocycles. The normalized spacial score (nSPS) is 13.6. The Morgan fingerprint density at radius 1 is 0.922 bits per heavy atom. The third-order valence-corrected chi connectivity index (χ3v) is 8.56. The van der Waals surface area contributed by atoms with Crippen LogP contribution in [0.4, 0.5) is 0 Å². The first-order chi connectivity index (χ1) is 24.8. The van der Waals surface area contributed by atoms with Gasteiger partial charge in [-0.25, -0.2) is 9.78 Å². The number of ether oxygens (including phenoxy) is 3. The average molecular weight is 688 g/mol. The van der Waals surface area contributed by atoms with E-state index in [0.717, 1.165) is 17.1 Å². The lowest BCUT2D eigenvalue weighted by Crippen LogP contribution is -2.50. The van der Waals surface area contributed by atoms with Gasteiger partial charge in [0.05, 0.1) is 29.5 Å². The van der Waals surface area contributed by atoms with Crippen molar-refractivity contribution in [2.45, 2.75) is 19.4 Å². The number of aliphatic hydroxyl groups is 1. The quantitative estimate of drug-likeness (QED) is 0.114. The first-order valence-electron chi connectivity index (χ1n) is 16.5. The molecule has 1 aliphatic rings. The van der Waals surface area contributed by atoms with Gasteiger partial charge in [-0.2, -0.15) is 5.26 Å². The fraction of sp³-hybridized carbons (Fsp3) is 0.231. The zero-order valence-corrected chi connectivity index (χ0v) is 28.0. The van der Waals surface area contributed by atoms with Crippen molar-refractivity contribution in [1.29, 1.82) is 5.26 Å². The molecule has 0 bridgehead atoms. The molecule has 51 heavy (non-hydrogen) atoms. The summed E-state index contributed by atoms with van der Waals surface area (Å²) in [5.74, 6) is 1.13. The van der Waals surface area contributed by atoms with Gasteiger partial charge in [0.2, 0.25) is 0 Å². The number of H-pyrrole nitrogens is 1. The van der Waals surface area contributed by atoms with Crippen LogP contribution in [0, 0.1) is 18.3 Å². The molecule has 2 heterocycles. The molecule has 1 fully saturated rings. The van der Waals surface area contributed by atoms with Gasteiger partial charge in [-0.15, -0.1) is 0 Å². The summed E-state index contributed by atoms with van der Waals surface area (Å²) in [6.45, 7) is 3.93. The monoisotopic (exact) mass is 687 g/mol. The van der Waals surface area contributed by atoms with Gasteiger partial charge >= 0.3 is 5.97 Å². The number of hydrogen-bond donors (Lipinski definition) is 3. The Labute approximate surface area is 295 Å². The molecule has 0 saturated carbocycles. The van der Waals surface area contributed by atoms with E-state index in [1.165, 1.54) is 12.1 Å². The van der Waals surface area contributed by atoms with E-state index in [0.29, 0.717) is 55.4 Å². The van der Waals surface area contributed by atoms with E-state index >= 15 is 0 Å². The number of hydrogen-bond acceptors (Lipinski definition) is 10. The average Bonchev–Trinajstić information content (AvgIpc) is 3.59. The highest BCUT2D eigenvalue weighted by atomic mass is 16.5. The zero-order valence-electron chi connectivity index (χ0n) is 28.0. The third-order valence-electron chi connectivity index (χ3n) is 8.56. The van der Waals surface area contributed by atoms with Gasteiger partial charge in [-0.1, -0.05) is 36.4 Å². The standard InChI is InChI=1S/C39H37N5O7/c1-26-41-25-33(42-26)34(21-27-13-14-28(24-40)37(22-27)50-30-8-6-7-29(23-30)49-20-19-45)43-15-17-44(18-16-43)38(47)32-10-3-5-12-36(32)51-39(48)31-9-2-4-11-35(31)46/h2-14,22-23,25,34,45-46H,15-21H2,1H3,(H,41,42). The van der Waals surface area contributed by atoms with Gasteiger partial charge in [0, 0.05) is 38.4 Å². The molecule has 0 radical (unpaired) electrons. The fourth-order valence-corrected chi connectivity index (χ4v) is 6.00. The van der Waals surface area contributed by atoms with Crippen LogP contribution in [0.5, 0.6) is 28.7 Å². The van der Waals surface area contributed by atoms with Crippen molar-refractivity contribution in [3.05, 3.63) is 131 Å². The summed E-state index contributed by atoms with van der Waals surface area (Å²) in [6, 6.07) is 27.3. The van der Waals surface area contributed by atoms with E-state index in [1.54, 1.807) is 71.6 Å². The van der Waals surface area contributed by atoms with Crippen LogP contribution in [0.15, 0.2) is 97.2 Å². The van der Waals surface area contributed by atoms with Crippen LogP contribution in [-0.2, 0) is 6.42 Å². The fourth-order valence-electron chi connectivity index (χ4n) is 6.00. The number of carbonyl (C=O) groups excluding carboxylic acids is 2. The van der Waals surface area contributed by atoms with Crippen molar-refractivity contribution in [3.8, 4) is 34.8 Å². The summed E-state index contributed by atoms with van der Waals surface area (Å²) in [7, 11) is 0. The lowest BCUT2D eigenvalue weighted by molar-refractivity contribution is 0.0557. The molecule has 12 nitrogen and oxygen atoms in total. The van der Waals surface area contributed by atoms with Crippen LogP contribution in [0.2, 0.25) is 0 Å². The Morgan fingerprint density at radius 3 is 2.39 bits per heavy atom. The Kier molecular flexibility index (Phi) is 10.9. The van der Waals surface area contributed by atoms with Gasteiger partial charge in [0.1, 0.15) is 52.8 Å². The van der Waals surface area contributed by atoms with Crippen LogP contribution in [0.25, 0.3) is 0 Å². The van der Waals surface area contributed by atoms with Crippen LogP contribution >= 0.6 is 0 Å². The molecule has 1 aliphatic heterocycles. The van der Waals surface area contributed by atoms with E-state index in [2.05, 4.69) is 20.9 Å². The number of aliphatic hydroxyl groups excluding tert-OH is 1. The van der Waals surface area contributed by atoms with Crippen molar-refractivity contribution in [3.63, 3.8) is 0 Å². The number of aromatic nitrogens is 2. The molecule has 4 aromatic carbocycles. The van der Waals surface area contributed by atoms with Crippen molar-refractivity contribution in [2.75, 3.05) is 39.4 Å². The minimum absolute atomic E-state index is 0.00689. The first kappa shape index (κ1) is 34.7. The first-order valence-corrected chi connectivity index (χ1v) is 16.5. The second-order valence-corrected chi connectivity index (χ2v) is 12.0. The number of amides is 1. The second-order valence-electron chi connectivity index (χ2n) is 12.0.